The molecule has 0 bridgehead atoms. The van der Waals surface area contributed by atoms with Gasteiger partial charge in [-0.05, 0) is 62.6 Å². The molecule has 0 aromatic heterocycles. The van der Waals surface area contributed by atoms with Crippen LogP contribution >= 0.6 is 0 Å². The van der Waals surface area contributed by atoms with Crippen molar-refractivity contribution in [2.45, 2.75) is 26.7 Å². The first kappa shape index (κ1) is 29.7. The lowest BCUT2D eigenvalue weighted by Crippen LogP contribution is -2.26. The molecule has 0 saturated heterocycles. The molecule has 0 heterocycles. The third kappa shape index (κ3) is 7.39. The molecule has 40 heavy (non-hydrogen) atoms. The van der Waals surface area contributed by atoms with Gasteiger partial charge in [0, 0.05) is 28.4 Å². The SMILES string of the molecule is Cc1cccc(CCN)c1.Cc1cccc(CCNC(=O)c2ccc(C(=O)O)c3c(C=O)ccc(C(=O)O)c23)c1. The molecule has 0 aliphatic rings. The van der Waals surface area contributed by atoms with Gasteiger partial charge in [-0.3, -0.25) is 9.59 Å². The molecular formula is C32H32N2O6. The maximum absolute atomic E-state index is 12.8. The van der Waals surface area contributed by atoms with E-state index in [1.165, 1.54) is 35.4 Å². The van der Waals surface area contributed by atoms with Crippen LogP contribution in [0.15, 0.2) is 72.8 Å². The minimum absolute atomic E-state index is 0.000317. The van der Waals surface area contributed by atoms with Crippen LogP contribution in [0.25, 0.3) is 10.8 Å². The average Bonchev–Trinajstić information content (AvgIpc) is 2.92. The number of aldehydes is 1. The number of hydrogen-bond donors (Lipinski definition) is 4. The number of carboxylic acid groups (broad SMARTS) is 2. The predicted octanol–water partition coefficient (Wildman–Crippen LogP) is 4.83. The quantitative estimate of drug-likeness (QED) is 0.222. The Bertz CT molecular complexity index is 1560. The number of rotatable bonds is 9. The van der Waals surface area contributed by atoms with Crippen molar-refractivity contribution < 1.29 is 29.4 Å². The summed E-state index contributed by atoms with van der Waals surface area (Å²) in [5.74, 6) is -3.19. The summed E-state index contributed by atoms with van der Waals surface area (Å²) in [4.78, 5) is 47.7. The average molecular weight is 541 g/mol. The highest BCUT2D eigenvalue weighted by molar-refractivity contribution is 6.21. The summed E-state index contributed by atoms with van der Waals surface area (Å²) in [6.07, 6.45) is 2.01. The molecule has 0 fully saturated rings. The Labute approximate surface area is 232 Å². The monoisotopic (exact) mass is 540 g/mol. The van der Waals surface area contributed by atoms with E-state index in [2.05, 4.69) is 36.5 Å². The normalized spacial score (nSPS) is 10.4. The Morgan fingerprint density at radius 1 is 0.750 bits per heavy atom. The van der Waals surface area contributed by atoms with Crippen LogP contribution in [0.3, 0.4) is 0 Å². The van der Waals surface area contributed by atoms with Gasteiger partial charge in [-0.1, -0.05) is 65.7 Å². The molecule has 0 radical (unpaired) electrons. The van der Waals surface area contributed by atoms with Crippen LogP contribution in [-0.2, 0) is 12.8 Å². The number of carbonyl (C=O) groups is 4. The van der Waals surface area contributed by atoms with Gasteiger partial charge in [-0.15, -0.1) is 0 Å². The van der Waals surface area contributed by atoms with Gasteiger partial charge in [-0.2, -0.15) is 0 Å². The minimum Gasteiger partial charge on any atom is -0.478 e. The molecule has 0 atom stereocenters. The van der Waals surface area contributed by atoms with Crippen LogP contribution in [0, 0.1) is 13.8 Å². The third-order valence-corrected chi connectivity index (χ3v) is 6.32. The second kappa shape index (κ2) is 13.8. The van der Waals surface area contributed by atoms with E-state index in [1.807, 2.05) is 31.2 Å². The van der Waals surface area contributed by atoms with Gasteiger partial charge < -0.3 is 21.3 Å². The molecular weight excluding hydrogens is 508 g/mol. The number of hydrogen-bond acceptors (Lipinski definition) is 5. The lowest BCUT2D eigenvalue weighted by molar-refractivity contribution is 0.0686. The summed E-state index contributed by atoms with van der Waals surface area (Å²) in [5.41, 5.74) is 9.70. The zero-order valence-corrected chi connectivity index (χ0v) is 22.4. The van der Waals surface area contributed by atoms with Crippen molar-refractivity contribution in [1.29, 1.82) is 0 Å². The molecule has 0 aliphatic heterocycles. The third-order valence-electron chi connectivity index (χ3n) is 6.32. The molecule has 0 unspecified atom stereocenters. The molecule has 0 saturated carbocycles. The number of benzene rings is 4. The number of amides is 1. The Hall–Kier alpha value is -4.82. The highest BCUT2D eigenvalue weighted by Crippen LogP contribution is 2.30. The number of fused-ring (bicyclic) bond motifs is 1. The molecule has 206 valence electrons. The number of aryl methyl sites for hydroxylation is 2. The number of nitrogens with one attached hydrogen (secondary N) is 1. The fraction of sp³-hybridized carbons (Fsp3) is 0.188. The standard InChI is InChI=1S/C23H19NO6.C9H13N/c1-13-3-2-4-14(11-13)9-10-24-21(26)16-7-8-17(22(27)28)19-15(12-25)5-6-18(20(16)19)23(29)30;1-8-3-2-4-9(7-8)5-6-10/h2-8,11-12H,9-10H2,1H3,(H,24,26)(H,27,28)(H,29,30);2-4,7H,5-6,10H2,1H3. The summed E-state index contributed by atoms with van der Waals surface area (Å²) < 4.78 is 0. The van der Waals surface area contributed by atoms with Crippen molar-refractivity contribution in [3.63, 3.8) is 0 Å². The van der Waals surface area contributed by atoms with E-state index in [-0.39, 0.29) is 33.0 Å². The van der Waals surface area contributed by atoms with Crippen molar-refractivity contribution in [1.82, 2.24) is 5.32 Å². The van der Waals surface area contributed by atoms with Crippen molar-refractivity contribution in [3.05, 3.63) is 117 Å². The van der Waals surface area contributed by atoms with E-state index >= 15 is 0 Å². The topological polar surface area (TPSA) is 147 Å². The number of carbonyl (C=O) groups excluding carboxylic acids is 2. The van der Waals surface area contributed by atoms with Gasteiger partial charge in [-0.25, -0.2) is 9.59 Å². The van der Waals surface area contributed by atoms with Gasteiger partial charge in [0.15, 0.2) is 6.29 Å². The molecule has 4 rings (SSSR count). The first-order chi connectivity index (χ1) is 19.2. The van der Waals surface area contributed by atoms with Crippen molar-refractivity contribution in [3.8, 4) is 0 Å². The number of carboxylic acids is 2. The highest BCUT2D eigenvalue weighted by Gasteiger charge is 2.23. The molecule has 0 spiro atoms. The van der Waals surface area contributed by atoms with Gasteiger partial charge in [0.05, 0.1) is 11.1 Å². The van der Waals surface area contributed by atoms with E-state index in [9.17, 15) is 29.4 Å². The molecule has 4 aromatic carbocycles. The first-order valence-corrected chi connectivity index (χ1v) is 12.8. The Morgan fingerprint density at radius 3 is 1.80 bits per heavy atom. The maximum Gasteiger partial charge on any atom is 0.336 e. The smallest absolute Gasteiger partial charge is 0.336 e. The fourth-order valence-corrected chi connectivity index (χ4v) is 4.48. The van der Waals surface area contributed by atoms with Crippen molar-refractivity contribution in [2.75, 3.05) is 13.1 Å². The summed E-state index contributed by atoms with van der Waals surface area (Å²) in [7, 11) is 0. The van der Waals surface area contributed by atoms with Crippen LogP contribution in [0.4, 0.5) is 0 Å². The van der Waals surface area contributed by atoms with Crippen LogP contribution in [-0.4, -0.2) is 47.4 Å². The van der Waals surface area contributed by atoms with Crippen molar-refractivity contribution in [2.24, 2.45) is 5.73 Å². The van der Waals surface area contributed by atoms with Crippen LogP contribution in [0.5, 0.6) is 0 Å². The molecule has 8 nitrogen and oxygen atoms in total. The van der Waals surface area contributed by atoms with Crippen LogP contribution in [0.1, 0.15) is 63.7 Å². The summed E-state index contributed by atoms with van der Waals surface area (Å²) in [6, 6.07) is 21.2. The zero-order valence-electron chi connectivity index (χ0n) is 22.4. The number of aromatic carboxylic acids is 2. The second-order valence-corrected chi connectivity index (χ2v) is 9.36. The lowest BCUT2D eigenvalue weighted by Gasteiger charge is -2.14. The molecule has 8 heteroatoms. The molecule has 1 amide bonds. The summed E-state index contributed by atoms with van der Waals surface area (Å²) in [5, 5.41) is 21.7. The maximum atomic E-state index is 12.8. The Balaban J connectivity index is 0.000000371. The van der Waals surface area contributed by atoms with E-state index < -0.39 is 17.8 Å². The zero-order chi connectivity index (χ0) is 29.2. The van der Waals surface area contributed by atoms with Gasteiger partial charge in [0.1, 0.15) is 0 Å². The minimum atomic E-state index is -1.33. The van der Waals surface area contributed by atoms with Crippen LogP contribution < -0.4 is 11.1 Å². The Morgan fingerprint density at radius 2 is 1.27 bits per heavy atom. The fourth-order valence-electron chi connectivity index (χ4n) is 4.48. The molecule has 0 aliphatic carbocycles. The number of nitrogens with two attached hydrogens (primary N) is 1. The summed E-state index contributed by atoms with van der Waals surface area (Å²) in [6.45, 7) is 5.11. The van der Waals surface area contributed by atoms with Gasteiger partial charge in [0.2, 0.25) is 0 Å². The van der Waals surface area contributed by atoms with Crippen LogP contribution in [0.2, 0.25) is 0 Å². The highest BCUT2D eigenvalue weighted by atomic mass is 16.4. The van der Waals surface area contributed by atoms with E-state index in [0.717, 1.165) is 24.1 Å². The van der Waals surface area contributed by atoms with Crippen molar-refractivity contribution >= 4 is 34.9 Å². The lowest BCUT2D eigenvalue weighted by atomic mass is 9.91. The van der Waals surface area contributed by atoms with Gasteiger partial charge >= 0.3 is 11.9 Å². The predicted molar refractivity (Wildman–Crippen MR) is 154 cm³/mol. The first-order valence-electron chi connectivity index (χ1n) is 12.8. The van der Waals surface area contributed by atoms with E-state index in [4.69, 9.17) is 5.73 Å². The Kier molecular flexibility index (Phi) is 10.3. The largest absolute Gasteiger partial charge is 0.478 e. The van der Waals surface area contributed by atoms with E-state index in [1.54, 1.807) is 0 Å². The second-order valence-electron chi connectivity index (χ2n) is 9.36. The molecule has 4 aromatic rings. The van der Waals surface area contributed by atoms with Gasteiger partial charge in [0.25, 0.3) is 5.91 Å². The van der Waals surface area contributed by atoms with E-state index in [0.29, 0.717) is 19.3 Å². The summed E-state index contributed by atoms with van der Waals surface area (Å²) >= 11 is 0. The molecule has 5 N–H and O–H groups in total.